The normalized spacial score (nSPS) is 18.2. The molecular formula is C29H32O3. The van der Waals surface area contributed by atoms with Crippen LogP contribution in [-0.2, 0) is 10.8 Å². The van der Waals surface area contributed by atoms with Gasteiger partial charge < -0.3 is 9.84 Å². The van der Waals surface area contributed by atoms with Crippen molar-refractivity contribution in [1.82, 2.24) is 0 Å². The van der Waals surface area contributed by atoms with E-state index in [0.29, 0.717) is 11.3 Å². The van der Waals surface area contributed by atoms with Crippen molar-refractivity contribution in [3.63, 3.8) is 0 Å². The molecule has 1 heterocycles. The van der Waals surface area contributed by atoms with Crippen molar-refractivity contribution in [2.24, 2.45) is 0 Å². The van der Waals surface area contributed by atoms with Gasteiger partial charge in [-0.05, 0) is 33.6 Å². The van der Waals surface area contributed by atoms with Gasteiger partial charge in [-0.2, -0.15) is 0 Å². The second kappa shape index (κ2) is 7.81. The summed E-state index contributed by atoms with van der Waals surface area (Å²) in [5.41, 5.74) is 3.91. The molecular weight excluding hydrogens is 396 g/mol. The van der Waals surface area contributed by atoms with Crippen LogP contribution in [0.3, 0.4) is 0 Å². The first kappa shape index (κ1) is 22.1. The molecule has 0 aromatic heterocycles. The summed E-state index contributed by atoms with van der Waals surface area (Å²) in [4.78, 5) is 13.6. The average Bonchev–Trinajstić information content (AvgIpc) is 3.12. The van der Waals surface area contributed by atoms with Crippen LogP contribution < -0.4 is 4.74 Å². The number of para-hydroxylation sites is 1. The molecule has 2 atom stereocenters. The molecule has 0 saturated carbocycles. The number of fused-ring (bicyclic) bond motifs is 1. The molecule has 3 aromatic rings. The van der Waals surface area contributed by atoms with Crippen molar-refractivity contribution in [2.75, 3.05) is 0 Å². The maximum Gasteiger partial charge on any atom is 0.204 e. The van der Waals surface area contributed by atoms with Gasteiger partial charge in [-0.25, -0.2) is 0 Å². The summed E-state index contributed by atoms with van der Waals surface area (Å²) in [6, 6.07) is 21.3. The van der Waals surface area contributed by atoms with E-state index in [4.69, 9.17) is 4.74 Å². The number of ether oxygens (including phenoxy) is 1. The minimum absolute atomic E-state index is 0.0329. The van der Waals surface area contributed by atoms with Crippen LogP contribution in [0.15, 0.2) is 66.7 Å². The van der Waals surface area contributed by atoms with Crippen LogP contribution in [-0.4, -0.2) is 17.0 Å². The molecule has 3 heteroatoms. The molecule has 0 spiro atoms. The molecule has 1 aliphatic rings. The molecule has 32 heavy (non-hydrogen) atoms. The molecule has 0 bridgehead atoms. The van der Waals surface area contributed by atoms with Crippen LogP contribution in [0.5, 0.6) is 11.5 Å². The first-order valence-electron chi connectivity index (χ1n) is 11.2. The van der Waals surface area contributed by atoms with E-state index in [9.17, 15) is 9.90 Å². The zero-order chi connectivity index (χ0) is 23.3. The molecule has 166 valence electrons. The van der Waals surface area contributed by atoms with Crippen molar-refractivity contribution < 1.29 is 14.6 Å². The fourth-order valence-electron chi connectivity index (χ4n) is 4.52. The number of rotatable bonds is 3. The van der Waals surface area contributed by atoms with E-state index >= 15 is 0 Å². The predicted octanol–water partition coefficient (Wildman–Crippen LogP) is 6.76. The highest BCUT2D eigenvalue weighted by atomic mass is 16.5. The van der Waals surface area contributed by atoms with Gasteiger partial charge in [0.05, 0.1) is 5.92 Å². The second-order valence-corrected chi connectivity index (χ2v) is 10.7. The van der Waals surface area contributed by atoms with E-state index in [0.717, 1.165) is 28.0 Å². The zero-order valence-electron chi connectivity index (χ0n) is 19.8. The fraction of sp³-hybridized carbons (Fsp3) is 0.345. The highest BCUT2D eigenvalue weighted by Gasteiger charge is 2.41. The molecule has 0 fully saturated rings. The van der Waals surface area contributed by atoms with Gasteiger partial charge >= 0.3 is 0 Å². The Morgan fingerprint density at radius 1 is 0.812 bits per heavy atom. The molecule has 1 aliphatic heterocycles. The lowest BCUT2D eigenvalue weighted by atomic mass is 9.75. The van der Waals surface area contributed by atoms with Gasteiger partial charge in [0.25, 0.3) is 0 Å². The number of phenolic OH excluding ortho intramolecular Hbond substituents is 1. The summed E-state index contributed by atoms with van der Waals surface area (Å²) in [5, 5.41) is 11.2. The van der Waals surface area contributed by atoms with E-state index in [2.05, 4.69) is 53.7 Å². The maximum atomic E-state index is 13.6. The monoisotopic (exact) mass is 428 g/mol. The summed E-state index contributed by atoms with van der Waals surface area (Å²) in [6.07, 6.45) is -0.653. The third-order valence-electron chi connectivity index (χ3n) is 6.23. The largest absolute Gasteiger partial charge is 0.507 e. The van der Waals surface area contributed by atoms with Crippen LogP contribution in [0.2, 0.25) is 0 Å². The van der Waals surface area contributed by atoms with Crippen LogP contribution in [0.4, 0.5) is 0 Å². The lowest BCUT2D eigenvalue weighted by Gasteiger charge is -2.30. The van der Waals surface area contributed by atoms with Gasteiger partial charge in [0.1, 0.15) is 11.5 Å². The topological polar surface area (TPSA) is 46.5 Å². The van der Waals surface area contributed by atoms with Crippen LogP contribution >= 0.6 is 0 Å². The number of phenols is 1. The molecule has 3 nitrogen and oxygen atoms in total. The predicted molar refractivity (Wildman–Crippen MR) is 129 cm³/mol. The van der Waals surface area contributed by atoms with Crippen LogP contribution in [0.1, 0.15) is 80.1 Å². The summed E-state index contributed by atoms with van der Waals surface area (Å²) in [6.45, 7) is 12.6. The van der Waals surface area contributed by atoms with Crippen molar-refractivity contribution >= 4 is 5.78 Å². The standard InChI is InChI=1S/C29H32O3/c1-28(2,3)21-16-19(17-22(26(21)31)29(4,5)6)24-20-14-10-11-15-23(20)32-27(24)25(30)18-12-8-7-9-13-18/h7-17,24,27,31H,1-6H3/t24-,27-/m1/s1. The smallest absolute Gasteiger partial charge is 0.204 e. The Balaban J connectivity index is 1.93. The number of benzene rings is 3. The zero-order valence-corrected chi connectivity index (χ0v) is 19.8. The number of aromatic hydroxyl groups is 1. The number of carbonyl (C=O) groups is 1. The Morgan fingerprint density at radius 2 is 1.34 bits per heavy atom. The van der Waals surface area contributed by atoms with Gasteiger partial charge in [-0.1, -0.05) is 102 Å². The number of hydrogen-bond acceptors (Lipinski definition) is 3. The van der Waals surface area contributed by atoms with E-state index in [-0.39, 0.29) is 22.5 Å². The Labute approximate surface area is 191 Å². The molecule has 0 saturated heterocycles. The van der Waals surface area contributed by atoms with Gasteiger partial charge in [-0.15, -0.1) is 0 Å². The highest BCUT2D eigenvalue weighted by molar-refractivity contribution is 6.01. The Kier molecular flexibility index (Phi) is 5.40. The highest BCUT2D eigenvalue weighted by Crippen LogP contribution is 2.47. The molecule has 4 rings (SSSR count). The molecule has 0 aliphatic carbocycles. The van der Waals surface area contributed by atoms with E-state index < -0.39 is 6.10 Å². The first-order chi connectivity index (χ1) is 15.0. The molecule has 1 N–H and O–H groups in total. The molecule has 3 aromatic carbocycles. The number of carbonyl (C=O) groups excluding carboxylic acids is 1. The minimum atomic E-state index is -0.653. The van der Waals surface area contributed by atoms with Crippen molar-refractivity contribution in [1.29, 1.82) is 0 Å². The molecule has 0 unspecified atom stereocenters. The SMILES string of the molecule is CC(C)(C)c1cc([C@@H]2c3ccccc3O[C@H]2C(=O)c2ccccc2)cc(C(C)(C)C)c1O. The van der Waals surface area contributed by atoms with E-state index in [1.165, 1.54) is 0 Å². The third kappa shape index (κ3) is 3.92. The minimum Gasteiger partial charge on any atom is -0.507 e. The van der Waals surface area contributed by atoms with Crippen molar-refractivity contribution in [2.45, 2.75) is 64.4 Å². The summed E-state index contributed by atoms with van der Waals surface area (Å²) in [5.74, 6) is 0.803. The third-order valence-corrected chi connectivity index (χ3v) is 6.23. The Bertz CT molecular complexity index is 1110. The van der Waals surface area contributed by atoms with Gasteiger partial charge in [0, 0.05) is 11.1 Å². The number of Topliss-reactive ketones (excluding diaryl/α,β-unsaturated/α-hetero) is 1. The van der Waals surface area contributed by atoms with Gasteiger partial charge in [0.2, 0.25) is 5.78 Å². The Hall–Kier alpha value is -3.07. The molecule has 0 amide bonds. The van der Waals surface area contributed by atoms with Crippen molar-refractivity contribution in [3.8, 4) is 11.5 Å². The van der Waals surface area contributed by atoms with Crippen LogP contribution in [0, 0.1) is 0 Å². The summed E-state index contributed by atoms with van der Waals surface area (Å²) >= 11 is 0. The number of hydrogen-bond donors (Lipinski definition) is 1. The maximum absolute atomic E-state index is 13.6. The lowest BCUT2D eigenvalue weighted by Crippen LogP contribution is -2.30. The number of ketones is 1. The van der Waals surface area contributed by atoms with E-state index in [1.54, 1.807) is 0 Å². The van der Waals surface area contributed by atoms with Crippen LogP contribution in [0.25, 0.3) is 0 Å². The average molecular weight is 429 g/mol. The van der Waals surface area contributed by atoms with Crippen molar-refractivity contribution in [3.05, 3.63) is 94.5 Å². The summed E-state index contributed by atoms with van der Waals surface area (Å²) < 4.78 is 6.26. The van der Waals surface area contributed by atoms with Gasteiger partial charge in [0.15, 0.2) is 6.10 Å². The van der Waals surface area contributed by atoms with E-state index in [1.807, 2.05) is 54.6 Å². The molecule has 0 radical (unpaired) electrons. The lowest BCUT2D eigenvalue weighted by molar-refractivity contribution is 0.0806. The Morgan fingerprint density at radius 3 is 1.91 bits per heavy atom. The van der Waals surface area contributed by atoms with Gasteiger partial charge in [-0.3, -0.25) is 4.79 Å². The second-order valence-electron chi connectivity index (χ2n) is 10.7. The summed E-state index contributed by atoms with van der Waals surface area (Å²) in [7, 11) is 0. The first-order valence-corrected chi connectivity index (χ1v) is 11.2. The quantitative estimate of drug-likeness (QED) is 0.469. The fourth-order valence-corrected chi connectivity index (χ4v) is 4.52.